The van der Waals surface area contributed by atoms with Gasteiger partial charge in [-0.25, -0.2) is 0 Å². The van der Waals surface area contributed by atoms with E-state index in [9.17, 15) is 0 Å². The maximum absolute atomic E-state index is 6.02. The lowest BCUT2D eigenvalue weighted by Crippen LogP contribution is -2.41. The molecule has 0 amide bonds. The van der Waals surface area contributed by atoms with Crippen LogP contribution < -0.4 is 0 Å². The molecule has 6 heteroatoms. The quantitative estimate of drug-likeness (QED) is 0.241. The highest BCUT2D eigenvalue weighted by Crippen LogP contribution is 2.37. The molecule has 0 spiro atoms. The van der Waals surface area contributed by atoms with Gasteiger partial charge in [-0.15, -0.1) is 0 Å². The standard InChI is InChI=1S/C21H40B2O4/c1-8-10-17-24-22(25-18-11-9-2)16-14-19(3)13-12-15-23-26-20(4,5)21(6,7)27-23/h12-14,16,19H,8-11,15,17-18H2,1-7H3/b13-12-,16-14+. The number of hydrogen-bond acceptors (Lipinski definition) is 4. The lowest BCUT2D eigenvalue weighted by atomic mass is 9.84. The third-order valence-corrected chi connectivity index (χ3v) is 5.20. The molecule has 1 aliphatic rings. The number of allylic oxidation sites excluding steroid dienone is 3. The summed E-state index contributed by atoms with van der Waals surface area (Å²) in [5.41, 5.74) is -0.536. The predicted octanol–water partition coefficient (Wildman–Crippen LogP) is 5.49. The van der Waals surface area contributed by atoms with Gasteiger partial charge < -0.3 is 18.6 Å². The third kappa shape index (κ3) is 8.99. The Balaban J connectivity index is 2.44. The summed E-state index contributed by atoms with van der Waals surface area (Å²) in [6.07, 6.45) is 11.6. The van der Waals surface area contributed by atoms with Gasteiger partial charge in [0.25, 0.3) is 0 Å². The van der Waals surface area contributed by atoms with E-state index in [-0.39, 0.29) is 25.4 Å². The first-order valence-electron chi connectivity index (χ1n) is 10.7. The molecule has 1 saturated heterocycles. The molecule has 1 unspecified atom stereocenters. The molecule has 1 atom stereocenters. The molecular formula is C21H40B2O4. The van der Waals surface area contributed by atoms with E-state index in [0.717, 1.165) is 45.2 Å². The summed E-state index contributed by atoms with van der Waals surface area (Å²) in [6.45, 7) is 16.3. The van der Waals surface area contributed by atoms with Gasteiger partial charge in [-0.05, 0) is 46.5 Å². The van der Waals surface area contributed by atoms with Gasteiger partial charge in [0, 0.05) is 19.5 Å². The second-order valence-corrected chi connectivity index (χ2v) is 8.41. The van der Waals surface area contributed by atoms with Crippen molar-refractivity contribution in [1.82, 2.24) is 0 Å². The molecule has 0 bridgehead atoms. The number of rotatable bonds is 13. The van der Waals surface area contributed by atoms with Crippen LogP contribution in [0.3, 0.4) is 0 Å². The normalized spacial score (nSPS) is 20.0. The zero-order valence-corrected chi connectivity index (χ0v) is 18.6. The van der Waals surface area contributed by atoms with Crippen molar-refractivity contribution >= 4 is 14.2 Å². The van der Waals surface area contributed by atoms with Gasteiger partial charge in [0.1, 0.15) is 0 Å². The first-order chi connectivity index (χ1) is 12.7. The SMILES string of the molecule is CCCCOB(/C=C/C(C)/C=C\CB1OC(C)(C)C(C)(C)O1)OCCCC. The van der Waals surface area contributed by atoms with Crippen molar-refractivity contribution in [1.29, 1.82) is 0 Å². The molecule has 1 rings (SSSR count). The van der Waals surface area contributed by atoms with Crippen LogP contribution in [-0.2, 0) is 18.6 Å². The molecule has 0 aromatic rings. The largest absolute Gasteiger partial charge is 0.485 e. The summed E-state index contributed by atoms with van der Waals surface area (Å²) in [4.78, 5) is 0. The van der Waals surface area contributed by atoms with Crippen LogP contribution in [0.15, 0.2) is 24.2 Å². The maximum atomic E-state index is 6.02. The predicted molar refractivity (Wildman–Crippen MR) is 116 cm³/mol. The van der Waals surface area contributed by atoms with E-state index in [1.165, 1.54) is 0 Å². The van der Waals surface area contributed by atoms with Crippen molar-refractivity contribution in [3.63, 3.8) is 0 Å². The number of hydrogen-bond donors (Lipinski definition) is 0. The summed E-state index contributed by atoms with van der Waals surface area (Å²) >= 11 is 0. The molecule has 0 saturated carbocycles. The molecule has 0 radical (unpaired) electrons. The average molecular weight is 378 g/mol. The Bertz CT molecular complexity index is 437. The zero-order valence-electron chi connectivity index (χ0n) is 18.6. The van der Waals surface area contributed by atoms with E-state index in [1.54, 1.807) is 0 Å². The fraction of sp³-hybridized carbons (Fsp3) is 0.810. The molecular weight excluding hydrogens is 338 g/mol. The highest BCUT2D eigenvalue weighted by Gasteiger charge is 2.50. The van der Waals surface area contributed by atoms with E-state index in [1.807, 2.05) is 5.98 Å². The first-order valence-corrected chi connectivity index (χ1v) is 10.7. The summed E-state index contributed by atoms with van der Waals surface area (Å²) in [7, 11) is -0.424. The van der Waals surface area contributed by atoms with Crippen LogP contribution in [0.4, 0.5) is 0 Å². The van der Waals surface area contributed by atoms with Gasteiger partial charge in [0.15, 0.2) is 0 Å². The Hall–Kier alpha value is -0.550. The van der Waals surface area contributed by atoms with Crippen LogP contribution in [-0.4, -0.2) is 38.7 Å². The fourth-order valence-electron chi connectivity index (χ4n) is 2.64. The van der Waals surface area contributed by atoms with Crippen molar-refractivity contribution in [3.05, 3.63) is 24.2 Å². The molecule has 0 aliphatic carbocycles. The summed E-state index contributed by atoms with van der Waals surface area (Å²) in [5.74, 6) is 2.34. The van der Waals surface area contributed by atoms with E-state index in [2.05, 4.69) is 66.7 Å². The van der Waals surface area contributed by atoms with E-state index < -0.39 is 0 Å². The van der Waals surface area contributed by atoms with Gasteiger partial charge in [-0.1, -0.05) is 57.8 Å². The van der Waals surface area contributed by atoms with Crippen molar-refractivity contribution in [2.24, 2.45) is 5.92 Å². The third-order valence-electron chi connectivity index (χ3n) is 5.20. The Labute approximate surface area is 168 Å². The topological polar surface area (TPSA) is 36.9 Å². The van der Waals surface area contributed by atoms with Crippen molar-refractivity contribution in [2.75, 3.05) is 13.2 Å². The van der Waals surface area contributed by atoms with Crippen LogP contribution >= 0.6 is 0 Å². The van der Waals surface area contributed by atoms with Crippen LogP contribution in [0.2, 0.25) is 6.32 Å². The van der Waals surface area contributed by atoms with Crippen molar-refractivity contribution in [3.8, 4) is 0 Å². The Morgan fingerprint density at radius 2 is 1.44 bits per heavy atom. The van der Waals surface area contributed by atoms with E-state index >= 15 is 0 Å². The van der Waals surface area contributed by atoms with Crippen LogP contribution in [0, 0.1) is 5.92 Å². The molecule has 4 nitrogen and oxygen atoms in total. The van der Waals surface area contributed by atoms with Gasteiger partial charge in [-0.3, -0.25) is 0 Å². The van der Waals surface area contributed by atoms with Crippen LogP contribution in [0.5, 0.6) is 0 Å². The molecule has 0 N–H and O–H groups in total. The van der Waals surface area contributed by atoms with Gasteiger partial charge in [-0.2, -0.15) is 0 Å². The summed E-state index contributed by atoms with van der Waals surface area (Å²) in [6, 6.07) is 0. The molecule has 0 aromatic heterocycles. The molecule has 1 heterocycles. The van der Waals surface area contributed by atoms with Crippen LogP contribution in [0.1, 0.15) is 74.1 Å². The Morgan fingerprint density at radius 3 is 1.93 bits per heavy atom. The lowest BCUT2D eigenvalue weighted by Gasteiger charge is -2.32. The molecule has 154 valence electrons. The summed E-state index contributed by atoms with van der Waals surface area (Å²) in [5, 5.41) is 0. The lowest BCUT2D eigenvalue weighted by molar-refractivity contribution is 0.00578. The van der Waals surface area contributed by atoms with Crippen molar-refractivity contribution < 1.29 is 18.6 Å². The zero-order chi connectivity index (χ0) is 20.3. The van der Waals surface area contributed by atoms with Gasteiger partial charge in [0.05, 0.1) is 11.2 Å². The van der Waals surface area contributed by atoms with Crippen molar-refractivity contribution in [2.45, 2.75) is 91.7 Å². The molecule has 1 aliphatic heterocycles. The molecule has 1 fully saturated rings. The monoisotopic (exact) mass is 378 g/mol. The summed E-state index contributed by atoms with van der Waals surface area (Å²) < 4.78 is 23.7. The minimum Gasteiger partial charge on any atom is -0.408 e. The Kier molecular flexibility index (Phi) is 11.0. The highest BCUT2D eigenvalue weighted by atomic mass is 16.7. The highest BCUT2D eigenvalue weighted by molar-refractivity contribution is 6.50. The number of unbranched alkanes of at least 4 members (excludes halogenated alkanes) is 2. The Morgan fingerprint density at radius 1 is 0.926 bits per heavy atom. The molecule has 27 heavy (non-hydrogen) atoms. The van der Waals surface area contributed by atoms with Gasteiger partial charge >= 0.3 is 14.2 Å². The molecule has 0 aromatic carbocycles. The minimum absolute atomic E-state index is 0.176. The first kappa shape index (κ1) is 24.5. The maximum Gasteiger partial charge on any atom is 0.485 e. The van der Waals surface area contributed by atoms with E-state index in [4.69, 9.17) is 18.6 Å². The minimum atomic E-state index is -0.268. The van der Waals surface area contributed by atoms with Crippen LogP contribution in [0.25, 0.3) is 0 Å². The average Bonchev–Trinajstić information content (AvgIpc) is 2.79. The second-order valence-electron chi connectivity index (χ2n) is 8.41. The van der Waals surface area contributed by atoms with E-state index in [0.29, 0.717) is 5.92 Å². The second kappa shape index (κ2) is 12.1. The smallest absolute Gasteiger partial charge is 0.408 e. The van der Waals surface area contributed by atoms with Gasteiger partial charge in [0.2, 0.25) is 0 Å². The fourth-order valence-corrected chi connectivity index (χ4v) is 2.64.